The van der Waals surface area contributed by atoms with Gasteiger partial charge in [0.1, 0.15) is 11.7 Å². The molecule has 3 N–H and O–H groups in total. The SMILES string of the molecule is CC(C)C1=C[C@]2(O)CC[C@H]3C(C)(C)CCC[C@]3(O)[C@@H](O)C2=CC1=O. The van der Waals surface area contributed by atoms with Crippen LogP contribution in [0.15, 0.2) is 23.3 Å². The monoisotopic (exact) mass is 334 g/mol. The summed E-state index contributed by atoms with van der Waals surface area (Å²) in [5, 5.41) is 33.6. The maximum atomic E-state index is 12.4. The topological polar surface area (TPSA) is 77.8 Å². The van der Waals surface area contributed by atoms with Crippen molar-refractivity contribution < 1.29 is 20.1 Å². The minimum atomic E-state index is -1.34. The Hall–Kier alpha value is -0.970. The Morgan fingerprint density at radius 3 is 2.46 bits per heavy atom. The first-order valence-electron chi connectivity index (χ1n) is 9.13. The van der Waals surface area contributed by atoms with Gasteiger partial charge >= 0.3 is 0 Å². The molecule has 2 saturated carbocycles. The maximum absolute atomic E-state index is 12.4. The van der Waals surface area contributed by atoms with Crippen molar-refractivity contribution in [3.05, 3.63) is 23.3 Å². The average Bonchev–Trinajstić information content (AvgIpc) is 2.54. The van der Waals surface area contributed by atoms with Crippen LogP contribution in [0.4, 0.5) is 0 Å². The van der Waals surface area contributed by atoms with Gasteiger partial charge in [-0.15, -0.1) is 0 Å². The molecule has 0 amide bonds. The maximum Gasteiger partial charge on any atom is 0.182 e. The average molecular weight is 334 g/mol. The molecule has 0 aromatic carbocycles. The van der Waals surface area contributed by atoms with Gasteiger partial charge < -0.3 is 15.3 Å². The van der Waals surface area contributed by atoms with Gasteiger partial charge in [0.25, 0.3) is 0 Å². The van der Waals surface area contributed by atoms with Crippen LogP contribution in [0, 0.1) is 17.3 Å². The third-order valence-electron chi connectivity index (χ3n) is 6.61. The van der Waals surface area contributed by atoms with Crippen molar-refractivity contribution in [3.63, 3.8) is 0 Å². The molecule has 0 aromatic rings. The molecule has 2 fully saturated rings. The summed E-state index contributed by atoms with van der Waals surface area (Å²) >= 11 is 0. The number of hydrogen-bond donors (Lipinski definition) is 3. The molecule has 0 saturated heterocycles. The van der Waals surface area contributed by atoms with E-state index in [1.165, 1.54) is 6.08 Å². The molecular formula is C20H30O4. The molecule has 0 aliphatic heterocycles. The number of aliphatic hydroxyl groups is 3. The quantitative estimate of drug-likeness (QED) is 0.688. The zero-order valence-corrected chi connectivity index (χ0v) is 15.2. The van der Waals surface area contributed by atoms with Crippen LogP contribution in [0.1, 0.15) is 59.8 Å². The summed E-state index contributed by atoms with van der Waals surface area (Å²) in [5.74, 6) is -0.252. The second-order valence-corrected chi connectivity index (χ2v) is 8.97. The summed E-state index contributed by atoms with van der Waals surface area (Å²) in [7, 11) is 0. The predicted octanol–water partition coefficient (Wildman–Crippen LogP) is 2.52. The van der Waals surface area contributed by atoms with Gasteiger partial charge in [-0.05, 0) is 61.5 Å². The fourth-order valence-electron chi connectivity index (χ4n) is 5.20. The summed E-state index contributed by atoms with van der Waals surface area (Å²) in [5.41, 5.74) is -1.85. The van der Waals surface area contributed by atoms with E-state index in [4.69, 9.17) is 0 Å². The Morgan fingerprint density at radius 1 is 1.17 bits per heavy atom. The minimum Gasteiger partial charge on any atom is -0.387 e. The van der Waals surface area contributed by atoms with Crippen molar-refractivity contribution in [1.82, 2.24) is 0 Å². The highest BCUT2D eigenvalue weighted by Gasteiger charge is 2.58. The van der Waals surface area contributed by atoms with Crippen LogP contribution >= 0.6 is 0 Å². The van der Waals surface area contributed by atoms with Gasteiger partial charge in [-0.3, -0.25) is 4.79 Å². The van der Waals surface area contributed by atoms with Crippen LogP contribution in [0.25, 0.3) is 0 Å². The number of rotatable bonds is 1. The lowest BCUT2D eigenvalue weighted by atomic mass is 9.58. The number of ketones is 1. The molecule has 4 heteroatoms. The first-order chi connectivity index (χ1) is 11.0. The van der Waals surface area contributed by atoms with Crippen molar-refractivity contribution in [3.8, 4) is 0 Å². The first kappa shape index (κ1) is 17.8. The highest BCUT2D eigenvalue weighted by atomic mass is 16.3. The van der Waals surface area contributed by atoms with E-state index in [1.54, 1.807) is 6.08 Å². The first-order valence-corrected chi connectivity index (χ1v) is 9.13. The Bertz CT molecular complexity index is 615. The van der Waals surface area contributed by atoms with Crippen molar-refractivity contribution in [1.29, 1.82) is 0 Å². The van der Waals surface area contributed by atoms with E-state index in [1.807, 2.05) is 13.8 Å². The number of allylic oxidation sites excluding steroid dienone is 2. The van der Waals surface area contributed by atoms with E-state index in [0.717, 1.165) is 12.8 Å². The smallest absolute Gasteiger partial charge is 0.182 e. The molecule has 134 valence electrons. The van der Waals surface area contributed by atoms with Crippen molar-refractivity contribution >= 4 is 5.78 Å². The molecule has 4 atom stereocenters. The van der Waals surface area contributed by atoms with Crippen molar-refractivity contribution in [2.45, 2.75) is 77.1 Å². The summed E-state index contributed by atoms with van der Waals surface area (Å²) in [6.07, 6.45) is 5.20. The van der Waals surface area contributed by atoms with Crippen LogP contribution in [-0.2, 0) is 4.79 Å². The van der Waals surface area contributed by atoms with Gasteiger partial charge in [0.05, 0.1) is 5.60 Å². The Labute approximate surface area is 144 Å². The van der Waals surface area contributed by atoms with Crippen LogP contribution in [0.2, 0.25) is 0 Å². The largest absolute Gasteiger partial charge is 0.387 e. The Balaban J connectivity index is 2.09. The number of fused-ring (bicyclic) bond motifs is 2. The van der Waals surface area contributed by atoms with E-state index in [-0.39, 0.29) is 28.6 Å². The number of aliphatic hydroxyl groups excluding tert-OH is 1. The fourth-order valence-corrected chi connectivity index (χ4v) is 5.20. The van der Waals surface area contributed by atoms with Crippen LogP contribution in [0.3, 0.4) is 0 Å². The lowest BCUT2D eigenvalue weighted by Crippen LogP contribution is -2.56. The molecule has 0 bridgehead atoms. The minimum absolute atomic E-state index is 0.0153. The lowest BCUT2D eigenvalue weighted by molar-refractivity contribution is -0.155. The number of carbonyl (C=O) groups is 1. The molecule has 0 aromatic heterocycles. The second-order valence-electron chi connectivity index (χ2n) is 8.97. The van der Waals surface area contributed by atoms with Gasteiger partial charge in [0.15, 0.2) is 5.78 Å². The van der Waals surface area contributed by atoms with E-state index >= 15 is 0 Å². The van der Waals surface area contributed by atoms with Crippen molar-refractivity contribution in [2.75, 3.05) is 0 Å². The molecule has 4 nitrogen and oxygen atoms in total. The summed E-state index contributed by atoms with van der Waals surface area (Å²) in [4.78, 5) is 12.4. The van der Waals surface area contributed by atoms with Gasteiger partial charge in [-0.1, -0.05) is 27.7 Å². The van der Waals surface area contributed by atoms with Crippen LogP contribution in [-0.4, -0.2) is 38.4 Å². The lowest BCUT2D eigenvalue weighted by Gasteiger charge is -2.51. The number of hydrogen-bond acceptors (Lipinski definition) is 4. The normalized spacial score (nSPS) is 41.9. The van der Waals surface area contributed by atoms with E-state index in [2.05, 4.69) is 13.8 Å². The highest BCUT2D eigenvalue weighted by molar-refractivity contribution is 6.06. The third kappa shape index (κ3) is 2.51. The number of carbonyl (C=O) groups excluding carboxylic acids is 1. The van der Waals surface area contributed by atoms with E-state index in [9.17, 15) is 20.1 Å². The van der Waals surface area contributed by atoms with Gasteiger partial charge in [0.2, 0.25) is 0 Å². The van der Waals surface area contributed by atoms with Gasteiger partial charge in [0, 0.05) is 11.1 Å². The molecule has 0 heterocycles. The van der Waals surface area contributed by atoms with Crippen LogP contribution < -0.4 is 0 Å². The molecule has 24 heavy (non-hydrogen) atoms. The molecule has 0 unspecified atom stereocenters. The zero-order chi connectivity index (χ0) is 17.9. The Morgan fingerprint density at radius 2 is 1.83 bits per heavy atom. The zero-order valence-electron chi connectivity index (χ0n) is 15.2. The molecule has 3 aliphatic carbocycles. The Kier molecular flexibility index (Phi) is 4.10. The summed E-state index contributed by atoms with van der Waals surface area (Å²) < 4.78 is 0. The van der Waals surface area contributed by atoms with Gasteiger partial charge in [-0.2, -0.15) is 0 Å². The fraction of sp³-hybridized carbons (Fsp3) is 0.750. The molecule has 3 rings (SSSR count). The summed E-state index contributed by atoms with van der Waals surface area (Å²) in [6, 6.07) is 0. The summed E-state index contributed by atoms with van der Waals surface area (Å²) in [6.45, 7) is 8.11. The van der Waals surface area contributed by atoms with Crippen molar-refractivity contribution in [2.24, 2.45) is 17.3 Å². The second kappa shape index (κ2) is 5.52. The van der Waals surface area contributed by atoms with E-state index < -0.39 is 17.3 Å². The molecule has 3 aliphatic rings. The van der Waals surface area contributed by atoms with E-state index in [0.29, 0.717) is 24.8 Å². The predicted molar refractivity (Wildman–Crippen MR) is 92.3 cm³/mol. The third-order valence-corrected chi connectivity index (χ3v) is 6.61. The highest BCUT2D eigenvalue weighted by Crippen LogP contribution is 2.55. The van der Waals surface area contributed by atoms with Crippen LogP contribution in [0.5, 0.6) is 0 Å². The van der Waals surface area contributed by atoms with Gasteiger partial charge in [-0.25, -0.2) is 0 Å². The molecule has 0 radical (unpaired) electrons. The standard InChI is InChI=1S/C20H30O4/c1-12(2)13-11-19(23)9-6-16-18(3,4)7-5-8-20(16,24)17(22)14(19)10-15(13)21/h10-12,16-17,22-24H,5-9H2,1-4H3/t16-,17-,19+,20+/m0/s1. The molecule has 0 spiro atoms. The molecular weight excluding hydrogens is 304 g/mol.